The smallest absolute Gasteiger partial charge is 0.208 e. The number of rotatable bonds is 3. The van der Waals surface area contributed by atoms with E-state index in [9.17, 15) is 10.2 Å². The lowest BCUT2D eigenvalue weighted by molar-refractivity contribution is -0.521. The third-order valence-corrected chi connectivity index (χ3v) is 5.79. The molecule has 5 unspecified atom stereocenters. The molecule has 1 heterocycles. The highest BCUT2D eigenvalue weighted by Crippen LogP contribution is 2.65. The summed E-state index contributed by atoms with van der Waals surface area (Å²) in [4.78, 5) is 10.8. The SMILES string of the molecule is CC1C=C2CC3CC(C23)C1(O)OOC1(O)CCNCC1. The summed E-state index contributed by atoms with van der Waals surface area (Å²) >= 11 is 0. The monoisotopic (exact) mass is 281 g/mol. The van der Waals surface area contributed by atoms with E-state index in [1.807, 2.05) is 6.92 Å². The first kappa shape index (κ1) is 13.2. The minimum atomic E-state index is -1.29. The van der Waals surface area contributed by atoms with Gasteiger partial charge < -0.3 is 15.5 Å². The maximum Gasteiger partial charge on any atom is 0.208 e. The lowest BCUT2D eigenvalue weighted by Gasteiger charge is -2.63. The first-order valence-electron chi connectivity index (χ1n) is 7.75. The van der Waals surface area contributed by atoms with Crippen molar-refractivity contribution in [2.45, 2.75) is 44.2 Å². The van der Waals surface area contributed by atoms with Crippen LogP contribution in [0, 0.1) is 23.7 Å². The van der Waals surface area contributed by atoms with Gasteiger partial charge in [-0.1, -0.05) is 18.6 Å². The molecule has 0 radical (unpaired) electrons. The van der Waals surface area contributed by atoms with Crippen LogP contribution in [0.1, 0.15) is 32.6 Å². The van der Waals surface area contributed by atoms with Gasteiger partial charge in [-0.25, -0.2) is 0 Å². The lowest BCUT2D eigenvalue weighted by Crippen LogP contribution is -2.64. The zero-order valence-electron chi connectivity index (χ0n) is 11.8. The molecule has 1 aliphatic heterocycles. The summed E-state index contributed by atoms with van der Waals surface area (Å²) in [6, 6.07) is 0. The van der Waals surface area contributed by atoms with Crippen LogP contribution in [0.25, 0.3) is 0 Å². The Balaban J connectivity index is 1.47. The quantitative estimate of drug-likeness (QED) is 0.311. The molecule has 4 aliphatic rings. The zero-order chi connectivity index (χ0) is 14.0. The normalized spacial score (nSPS) is 48.6. The van der Waals surface area contributed by atoms with Gasteiger partial charge in [-0.15, -0.1) is 0 Å². The molecule has 5 atom stereocenters. The second kappa shape index (κ2) is 4.27. The third kappa shape index (κ3) is 1.74. The van der Waals surface area contributed by atoms with Crippen LogP contribution in [0.2, 0.25) is 0 Å². The molecule has 5 heteroatoms. The number of allylic oxidation sites excluding steroid dienone is 1. The third-order valence-electron chi connectivity index (χ3n) is 5.79. The predicted molar refractivity (Wildman–Crippen MR) is 71.1 cm³/mol. The Morgan fingerprint density at radius 2 is 2.00 bits per heavy atom. The van der Waals surface area contributed by atoms with E-state index >= 15 is 0 Å². The molecule has 4 rings (SSSR count). The van der Waals surface area contributed by atoms with Gasteiger partial charge in [0.2, 0.25) is 11.6 Å². The summed E-state index contributed by atoms with van der Waals surface area (Å²) in [5.74, 6) is -1.30. The van der Waals surface area contributed by atoms with E-state index in [0.29, 0.717) is 31.8 Å². The fourth-order valence-electron chi connectivity index (χ4n) is 4.37. The van der Waals surface area contributed by atoms with Crippen LogP contribution >= 0.6 is 0 Å². The highest BCUT2D eigenvalue weighted by atomic mass is 17.2. The Labute approximate surface area is 118 Å². The van der Waals surface area contributed by atoms with Crippen LogP contribution in [0.15, 0.2) is 11.6 Å². The Morgan fingerprint density at radius 3 is 2.70 bits per heavy atom. The van der Waals surface area contributed by atoms with Gasteiger partial charge in [0.05, 0.1) is 0 Å². The summed E-state index contributed by atoms with van der Waals surface area (Å²) in [5.41, 5.74) is 1.48. The van der Waals surface area contributed by atoms with Crippen molar-refractivity contribution in [3.63, 3.8) is 0 Å². The molecule has 0 aromatic rings. The molecule has 0 bridgehead atoms. The molecule has 0 aromatic heterocycles. The van der Waals surface area contributed by atoms with Crippen molar-refractivity contribution >= 4 is 0 Å². The second-order valence-electron chi connectivity index (χ2n) is 6.98. The van der Waals surface area contributed by atoms with Crippen LogP contribution in [0.3, 0.4) is 0 Å². The van der Waals surface area contributed by atoms with Gasteiger partial charge in [-0.3, -0.25) is 0 Å². The fourth-order valence-corrected chi connectivity index (χ4v) is 4.37. The molecule has 0 amide bonds. The number of nitrogens with one attached hydrogen (secondary N) is 1. The molecular weight excluding hydrogens is 258 g/mol. The first-order valence-corrected chi connectivity index (χ1v) is 7.75. The minimum Gasteiger partial charge on any atom is -0.363 e. The summed E-state index contributed by atoms with van der Waals surface area (Å²) in [6.45, 7) is 3.36. The highest BCUT2D eigenvalue weighted by Gasteiger charge is 2.64. The number of aliphatic hydroxyl groups is 2. The molecule has 0 spiro atoms. The van der Waals surface area contributed by atoms with E-state index in [2.05, 4.69) is 11.4 Å². The van der Waals surface area contributed by atoms with E-state index in [1.165, 1.54) is 12.0 Å². The van der Waals surface area contributed by atoms with Crippen molar-refractivity contribution in [3.05, 3.63) is 11.6 Å². The van der Waals surface area contributed by atoms with Crippen molar-refractivity contribution < 1.29 is 20.0 Å². The summed E-state index contributed by atoms with van der Waals surface area (Å²) < 4.78 is 0. The molecule has 20 heavy (non-hydrogen) atoms. The van der Waals surface area contributed by atoms with Gasteiger partial charge in [0.25, 0.3) is 0 Å². The maximum absolute atomic E-state index is 10.9. The topological polar surface area (TPSA) is 71.0 Å². The van der Waals surface area contributed by atoms with Gasteiger partial charge in [-0.05, 0) is 24.7 Å². The van der Waals surface area contributed by atoms with Crippen molar-refractivity contribution in [1.29, 1.82) is 0 Å². The van der Waals surface area contributed by atoms with E-state index in [-0.39, 0.29) is 11.8 Å². The molecule has 2 saturated carbocycles. The highest BCUT2D eigenvalue weighted by molar-refractivity contribution is 5.32. The van der Waals surface area contributed by atoms with Gasteiger partial charge in [0.1, 0.15) is 0 Å². The Hall–Kier alpha value is -0.460. The van der Waals surface area contributed by atoms with E-state index < -0.39 is 11.6 Å². The average molecular weight is 281 g/mol. The van der Waals surface area contributed by atoms with Crippen LogP contribution in [0.5, 0.6) is 0 Å². The van der Waals surface area contributed by atoms with Gasteiger partial charge in [0, 0.05) is 37.8 Å². The number of piperidine rings is 1. The van der Waals surface area contributed by atoms with Crippen LogP contribution in [0.4, 0.5) is 0 Å². The molecule has 3 N–H and O–H groups in total. The Morgan fingerprint density at radius 1 is 1.25 bits per heavy atom. The average Bonchev–Trinajstić information content (AvgIpc) is 2.40. The minimum absolute atomic E-state index is 0.0923. The maximum atomic E-state index is 10.9. The van der Waals surface area contributed by atoms with E-state index in [1.54, 1.807) is 0 Å². The van der Waals surface area contributed by atoms with Gasteiger partial charge >= 0.3 is 0 Å². The van der Waals surface area contributed by atoms with Crippen molar-refractivity contribution in [3.8, 4) is 0 Å². The van der Waals surface area contributed by atoms with Crippen molar-refractivity contribution in [2.24, 2.45) is 23.7 Å². The van der Waals surface area contributed by atoms with E-state index in [0.717, 1.165) is 12.3 Å². The molecule has 3 fully saturated rings. The fraction of sp³-hybridized carbons (Fsp3) is 0.867. The largest absolute Gasteiger partial charge is 0.363 e. The molecule has 5 nitrogen and oxygen atoms in total. The molecular formula is C15H23NO4. The van der Waals surface area contributed by atoms with Crippen LogP contribution in [-0.4, -0.2) is 34.9 Å². The molecule has 3 aliphatic carbocycles. The zero-order valence-corrected chi connectivity index (χ0v) is 11.8. The van der Waals surface area contributed by atoms with Crippen LogP contribution < -0.4 is 5.32 Å². The predicted octanol–water partition coefficient (Wildman–Crippen LogP) is 0.927. The lowest BCUT2D eigenvalue weighted by atomic mass is 9.45. The van der Waals surface area contributed by atoms with Crippen molar-refractivity contribution in [2.75, 3.05) is 13.1 Å². The first-order chi connectivity index (χ1) is 9.52. The van der Waals surface area contributed by atoms with E-state index in [4.69, 9.17) is 9.78 Å². The Kier molecular flexibility index (Phi) is 2.82. The summed E-state index contributed by atoms with van der Waals surface area (Å²) in [6.07, 6.45) is 5.29. The Bertz CT molecular complexity index is 445. The van der Waals surface area contributed by atoms with Gasteiger partial charge in [-0.2, -0.15) is 9.78 Å². The van der Waals surface area contributed by atoms with Crippen molar-refractivity contribution in [1.82, 2.24) is 5.32 Å². The standard InChI is InChI=1S/C15H23NO4/c1-9-6-10-7-11-8-12(13(10)11)15(9,18)20-19-14(17)2-4-16-5-3-14/h6,9,11-13,16-18H,2-5,7-8H2,1H3. The molecule has 0 aromatic carbocycles. The molecule has 112 valence electrons. The number of hydrogen-bond donors (Lipinski definition) is 3. The number of hydrogen-bond acceptors (Lipinski definition) is 5. The molecule has 1 saturated heterocycles. The summed E-state index contributed by atoms with van der Waals surface area (Å²) in [5, 5.41) is 24.4. The van der Waals surface area contributed by atoms with Gasteiger partial charge in [0.15, 0.2) is 0 Å². The second-order valence-corrected chi connectivity index (χ2v) is 6.98. The summed E-state index contributed by atoms with van der Waals surface area (Å²) in [7, 11) is 0. The van der Waals surface area contributed by atoms with Crippen LogP contribution in [-0.2, 0) is 9.78 Å².